The van der Waals surface area contributed by atoms with Crippen molar-refractivity contribution in [2.24, 2.45) is 0 Å². The zero-order valence-corrected chi connectivity index (χ0v) is 10.1. The van der Waals surface area contributed by atoms with Crippen LogP contribution in [-0.2, 0) is 17.6 Å². The number of halogens is 1. The Morgan fingerprint density at radius 1 is 1.31 bits per heavy atom. The Bertz CT molecular complexity index is 358. The highest BCUT2D eigenvalue weighted by atomic mass is 19.1. The van der Waals surface area contributed by atoms with Crippen LogP contribution in [0.25, 0.3) is 0 Å². The van der Waals surface area contributed by atoms with Crippen LogP contribution in [-0.4, -0.2) is 5.78 Å². The Hall–Kier alpha value is -1.18. The van der Waals surface area contributed by atoms with E-state index in [1.807, 2.05) is 6.07 Å². The Morgan fingerprint density at radius 3 is 2.69 bits per heavy atom. The van der Waals surface area contributed by atoms with Gasteiger partial charge in [0.15, 0.2) is 0 Å². The minimum Gasteiger partial charge on any atom is -0.300 e. The summed E-state index contributed by atoms with van der Waals surface area (Å²) in [4.78, 5) is 11.0. The summed E-state index contributed by atoms with van der Waals surface area (Å²) in [5.74, 6) is -0.0329. The van der Waals surface area contributed by atoms with Gasteiger partial charge in [0.1, 0.15) is 11.6 Å². The molecule has 0 amide bonds. The van der Waals surface area contributed by atoms with E-state index in [4.69, 9.17) is 0 Å². The van der Waals surface area contributed by atoms with E-state index in [2.05, 4.69) is 6.92 Å². The SMILES string of the molecule is CCCCCc1cc(CC(C)=O)ccc1F. The quantitative estimate of drug-likeness (QED) is 0.671. The van der Waals surface area contributed by atoms with Crippen LogP contribution >= 0.6 is 0 Å². The molecule has 0 aliphatic rings. The topological polar surface area (TPSA) is 17.1 Å². The van der Waals surface area contributed by atoms with Crippen molar-refractivity contribution in [3.8, 4) is 0 Å². The molecule has 0 atom stereocenters. The number of carbonyl (C=O) groups excluding carboxylic acids is 1. The lowest BCUT2D eigenvalue weighted by molar-refractivity contribution is -0.116. The standard InChI is InChI=1S/C14H19FO/c1-3-4-5-6-13-10-12(9-11(2)16)7-8-14(13)15/h7-8,10H,3-6,9H2,1-2H3. The first-order chi connectivity index (χ1) is 7.63. The fourth-order valence-corrected chi connectivity index (χ4v) is 1.78. The van der Waals surface area contributed by atoms with Gasteiger partial charge in [-0.05, 0) is 37.0 Å². The summed E-state index contributed by atoms with van der Waals surface area (Å²) in [6, 6.07) is 4.99. The van der Waals surface area contributed by atoms with Crippen LogP contribution in [0.2, 0.25) is 0 Å². The van der Waals surface area contributed by atoms with Crippen molar-refractivity contribution in [1.29, 1.82) is 0 Å². The summed E-state index contributed by atoms with van der Waals surface area (Å²) in [6.45, 7) is 3.68. The van der Waals surface area contributed by atoms with Crippen molar-refractivity contribution >= 4 is 5.78 Å². The maximum Gasteiger partial charge on any atom is 0.134 e. The van der Waals surface area contributed by atoms with Gasteiger partial charge in [-0.3, -0.25) is 4.79 Å². The number of hydrogen-bond acceptors (Lipinski definition) is 1. The van der Waals surface area contributed by atoms with Crippen molar-refractivity contribution in [2.45, 2.75) is 46.0 Å². The number of hydrogen-bond donors (Lipinski definition) is 0. The molecule has 0 heterocycles. The molecule has 0 N–H and O–H groups in total. The molecule has 0 spiro atoms. The van der Waals surface area contributed by atoms with Gasteiger partial charge in [-0.2, -0.15) is 0 Å². The smallest absolute Gasteiger partial charge is 0.134 e. The Labute approximate surface area is 96.7 Å². The molecule has 0 bridgehead atoms. The second-order valence-corrected chi connectivity index (χ2v) is 4.26. The van der Waals surface area contributed by atoms with Crippen molar-refractivity contribution < 1.29 is 9.18 Å². The molecule has 0 radical (unpaired) electrons. The van der Waals surface area contributed by atoms with Crippen LogP contribution in [0.15, 0.2) is 18.2 Å². The number of benzene rings is 1. The largest absolute Gasteiger partial charge is 0.300 e. The molecule has 1 aromatic rings. The first-order valence-electron chi connectivity index (χ1n) is 5.90. The Kier molecular flexibility index (Phi) is 5.17. The molecule has 0 aliphatic carbocycles. The second-order valence-electron chi connectivity index (χ2n) is 4.26. The maximum absolute atomic E-state index is 13.4. The van der Waals surface area contributed by atoms with Gasteiger partial charge in [0.25, 0.3) is 0 Å². The normalized spacial score (nSPS) is 10.4. The predicted molar refractivity (Wildman–Crippen MR) is 64.0 cm³/mol. The molecular weight excluding hydrogens is 203 g/mol. The summed E-state index contributed by atoms with van der Waals surface area (Å²) in [6.07, 6.45) is 4.44. The molecule has 1 nitrogen and oxygen atoms in total. The van der Waals surface area contributed by atoms with Crippen LogP contribution in [0.3, 0.4) is 0 Å². The number of aryl methyl sites for hydroxylation is 1. The Morgan fingerprint density at radius 2 is 2.06 bits per heavy atom. The maximum atomic E-state index is 13.4. The van der Waals surface area contributed by atoms with Gasteiger partial charge < -0.3 is 0 Å². The molecule has 0 saturated carbocycles. The number of Topliss-reactive ketones (excluding diaryl/α,β-unsaturated/α-hetero) is 1. The van der Waals surface area contributed by atoms with E-state index < -0.39 is 0 Å². The third-order valence-corrected chi connectivity index (χ3v) is 2.61. The van der Waals surface area contributed by atoms with Crippen LogP contribution in [0, 0.1) is 5.82 Å². The zero-order chi connectivity index (χ0) is 12.0. The van der Waals surface area contributed by atoms with E-state index in [1.54, 1.807) is 13.0 Å². The predicted octanol–water partition coefficient (Wildman–Crippen LogP) is 3.69. The highest BCUT2D eigenvalue weighted by molar-refractivity contribution is 5.78. The molecule has 0 aromatic heterocycles. The minimum atomic E-state index is -0.150. The highest BCUT2D eigenvalue weighted by Gasteiger charge is 2.05. The van der Waals surface area contributed by atoms with Gasteiger partial charge >= 0.3 is 0 Å². The van der Waals surface area contributed by atoms with E-state index in [1.165, 1.54) is 6.07 Å². The van der Waals surface area contributed by atoms with E-state index in [0.29, 0.717) is 6.42 Å². The van der Waals surface area contributed by atoms with E-state index in [9.17, 15) is 9.18 Å². The van der Waals surface area contributed by atoms with Gasteiger partial charge in [-0.15, -0.1) is 0 Å². The Balaban J connectivity index is 2.70. The number of ketones is 1. The molecule has 0 unspecified atom stereocenters. The lowest BCUT2D eigenvalue weighted by Gasteiger charge is -2.05. The van der Waals surface area contributed by atoms with Crippen LogP contribution in [0.4, 0.5) is 4.39 Å². The molecule has 0 saturated heterocycles. The van der Waals surface area contributed by atoms with Gasteiger partial charge in [-0.1, -0.05) is 31.9 Å². The monoisotopic (exact) mass is 222 g/mol. The molecule has 88 valence electrons. The van der Waals surface area contributed by atoms with E-state index in [-0.39, 0.29) is 11.6 Å². The summed E-state index contributed by atoms with van der Waals surface area (Å²) in [5, 5.41) is 0. The van der Waals surface area contributed by atoms with E-state index >= 15 is 0 Å². The van der Waals surface area contributed by atoms with Crippen molar-refractivity contribution in [3.05, 3.63) is 35.1 Å². The fraction of sp³-hybridized carbons (Fsp3) is 0.500. The van der Waals surface area contributed by atoms with Crippen molar-refractivity contribution in [3.63, 3.8) is 0 Å². The number of unbranched alkanes of at least 4 members (excludes halogenated alkanes) is 2. The van der Waals surface area contributed by atoms with Crippen molar-refractivity contribution in [1.82, 2.24) is 0 Å². The third-order valence-electron chi connectivity index (χ3n) is 2.61. The average molecular weight is 222 g/mol. The molecule has 16 heavy (non-hydrogen) atoms. The van der Waals surface area contributed by atoms with E-state index in [0.717, 1.165) is 36.8 Å². The first kappa shape index (κ1) is 12.9. The van der Waals surface area contributed by atoms with Gasteiger partial charge in [0.2, 0.25) is 0 Å². The molecule has 0 aliphatic heterocycles. The molecule has 2 heteroatoms. The van der Waals surface area contributed by atoms with Crippen LogP contribution in [0.5, 0.6) is 0 Å². The number of carbonyl (C=O) groups is 1. The molecule has 1 aromatic carbocycles. The van der Waals surface area contributed by atoms with Crippen molar-refractivity contribution in [2.75, 3.05) is 0 Å². The van der Waals surface area contributed by atoms with Gasteiger partial charge in [-0.25, -0.2) is 4.39 Å². The summed E-state index contributed by atoms with van der Waals surface area (Å²) in [5.41, 5.74) is 1.66. The van der Waals surface area contributed by atoms with Gasteiger partial charge in [0.05, 0.1) is 0 Å². The van der Waals surface area contributed by atoms with Gasteiger partial charge in [0, 0.05) is 6.42 Å². The lowest BCUT2D eigenvalue weighted by atomic mass is 10.0. The summed E-state index contributed by atoms with van der Waals surface area (Å²) >= 11 is 0. The summed E-state index contributed by atoms with van der Waals surface area (Å²) < 4.78 is 13.4. The molecule has 1 rings (SSSR count). The minimum absolute atomic E-state index is 0.117. The highest BCUT2D eigenvalue weighted by Crippen LogP contribution is 2.14. The van der Waals surface area contributed by atoms with Crippen LogP contribution < -0.4 is 0 Å². The van der Waals surface area contributed by atoms with Crippen LogP contribution in [0.1, 0.15) is 44.2 Å². The molecular formula is C14H19FO. The second kappa shape index (κ2) is 6.41. The molecule has 0 fully saturated rings. The summed E-state index contributed by atoms with van der Waals surface area (Å²) in [7, 11) is 0. The third kappa shape index (κ3) is 4.13. The zero-order valence-electron chi connectivity index (χ0n) is 10.1. The average Bonchev–Trinajstić information content (AvgIpc) is 2.22. The first-order valence-corrected chi connectivity index (χ1v) is 5.90. The lowest BCUT2D eigenvalue weighted by Crippen LogP contribution is -1.99. The fourth-order valence-electron chi connectivity index (χ4n) is 1.78. The number of rotatable bonds is 6.